The minimum Gasteiger partial charge on any atom is -0.373 e. The van der Waals surface area contributed by atoms with Gasteiger partial charge < -0.3 is 14.4 Å². The fourth-order valence-electron chi connectivity index (χ4n) is 7.89. The Morgan fingerprint density at radius 1 is 1.30 bits per heavy atom. The summed E-state index contributed by atoms with van der Waals surface area (Å²) in [5, 5.41) is 0. The number of nitrogens with zero attached hydrogens (tertiary/aromatic N) is 2. The topological polar surface area (TPSA) is 42.0 Å². The van der Waals surface area contributed by atoms with E-state index in [4.69, 9.17) is 9.47 Å². The summed E-state index contributed by atoms with van der Waals surface area (Å²) in [6.45, 7) is 2.65. The first-order valence-electron chi connectivity index (χ1n) is 10.2. The third-order valence-corrected chi connectivity index (χ3v) is 8.65. The summed E-state index contributed by atoms with van der Waals surface area (Å²) in [6.07, 6.45) is 4.91. The number of hydrogen-bond donors (Lipinski definition) is 0. The predicted molar refractivity (Wildman–Crippen MR) is 99.4 cm³/mol. The highest BCUT2D eigenvalue weighted by molar-refractivity contribution is 5.99. The minimum absolute atomic E-state index is 0.0330. The standard InChI is InChI=1S/C22H24N2O3/c1-26-22-11-14-13-6-9-27-17-10-18(25)24-16-5-3-2-4-15(16)21(22,20(24)19(14)17)7-8-23(22)12-13/h2-6,14,17,19-20H,7-12H2,1H3/t14-,17-,19-,20-,21-,22+/m0/s1. The number of benzene rings is 1. The fraction of sp³-hybridized carbons (Fsp3) is 0.591. The van der Waals surface area contributed by atoms with Crippen LogP contribution in [0.1, 0.15) is 24.8 Å². The summed E-state index contributed by atoms with van der Waals surface area (Å²) in [5.74, 6) is 1.04. The number of amides is 1. The molecule has 5 aliphatic heterocycles. The summed E-state index contributed by atoms with van der Waals surface area (Å²) in [5.41, 5.74) is 3.49. The van der Waals surface area contributed by atoms with Crippen molar-refractivity contribution in [2.45, 2.75) is 42.5 Å². The molecule has 1 aromatic carbocycles. The zero-order valence-corrected chi connectivity index (χ0v) is 15.6. The smallest absolute Gasteiger partial charge is 0.229 e. The van der Waals surface area contributed by atoms with Crippen LogP contribution < -0.4 is 4.90 Å². The molecule has 5 nitrogen and oxygen atoms in total. The number of para-hydroxylation sites is 1. The van der Waals surface area contributed by atoms with E-state index in [0.29, 0.717) is 24.9 Å². The van der Waals surface area contributed by atoms with Crippen molar-refractivity contribution in [1.29, 1.82) is 0 Å². The van der Waals surface area contributed by atoms with Crippen molar-refractivity contribution in [1.82, 2.24) is 4.90 Å². The highest BCUT2D eigenvalue weighted by Gasteiger charge is 2.77. The molecule has 1 saturated carbocycles. The first-order valence-corrected chi connectivity index (χ1v) is 10.2. The largest absolute Gasteiger partial charge is 0.373 e. The summed E-state index contributed by atoms with van der Waals surface area (Å²) >= 11 is 0. The molecular formula is C22H24N2O3. The molecule has 2 bridgehead atoms. The molecular weight excluding hydrogens is 340 g/mol. The van der Waals surface area contributed by atoms with E-state index in [1.165, 1.54) is 11.1 Å². The Labute approximate surface area is 158 Å². The predicted octanol–water partition coefficient (Wildman–Crippen LogP) is 2.07. The van der Waals surface area contributed by atoms with Gasteiger partial charge in [0.25, 0.3) is 0 Å². The minimum atomic E-state index is -0.312. The van der Waals surface area contributed by atoms with E-state index in [9.17, 15) is 4.79 Å². The summed E-state index contributed by atoms with van der Waals surface area (Å²) in [7, 11) is 1.88. The molecule has 0 aromatic heterocycles. The van der Waals surface area contributed by atoms with Crippen LogP contribution in [0.25, 0.3) is 0 Å². The van der Waals surface area contributed by atoms with Gasteiger partial charge in [-0.15, -0.1) is 0 Å². The second-order valence-corrected chi connectivity index (χ2v) is 9.10. The molecule has 1 spiro atoms. The average Bonchev–Trinajstić information content (AvgIpc) is 3.13. The van der Waals surface area contributed by atoms with Crippen LogP contribution >= 0.6 is 0 Å². The lowest BCUT2D eigenvalue weighted by Crippen LogP contribution is -2.75. The molecule has 7 rings (SSSR count). The lowest BCUT2D eigenvalue weighted by molar-refractivity contribution is -0.213. The van der Waals surface area contributed by atoms with Gasteiger partial charge in [-0.1, -0.05) is 29.8 Å². The quantitative estimate of drug-likeness (QED) is 0.716. The molecule has 140 valence electrons. The van der Waals surface area contributed by atoms with E-state index in [1.54, 1.807) is 0 Å². The molecule has 0 radical (unpaired) electrons. The van der Waals surface area contributed by atoms with Crippen LogP contribution in [0.4, 0.5) is 5.69 Å². The van der Waals surface area contributed by atoms with Gasteiger partial charge in [0, 0.05) is 31.8 Å². The number of carbonyl (C=O) groups is 1. The van der Waals surface area contributed by atoms with Crippen molar-refractivity contribution >= 4 is 11.6 Å². The van der Waals surface area contributed by atoms with E-state index in [-0.39, 0.29) is 29.2 Å². The van der Waals surface area contributed by atoms with Crippen LogP contribution in [0.3, 0.4) is 0 Å². The molecule has 5 heteroatoms. The SMILES string of the molecule is CO[C@]12C[C@H]3C4=CCO[C@H]5CC(=O)N6c7ccccc7[C@@]1(CCN2C4)[C@@H]6[C@H]53. The first kappa shape index (κ1) is 15.3. The van der Waals surface area contributed by atoms with Gasteiger partial charge in [0.05, 0.1) is 30.6 Å². The van der Waals surface area contributed by atoms with E-state index >= 15 is 0 Å². The van der Waals surface area contributed by atoms with Crippen molar-refractivity contribution in [3.8, 4) is 0 Å². The van der Waals surface area contributed by atoms with Gasteiger partial charge in [-0.2, -0.15) is 0 Å². The fourth-order valence-corrected chi connectivity index (χ4v) is 7.89. The molecule has 6 atom stereocenters. The Hall–Kier alpha value is -1.69. The van der Waals surface area contributed by atoms with E-state index < -0.39 is 0 Å². The molecule has 27 heavy (non-hydrogen) atoms. The Morgan fingerprint density at radius 3 is 3.07 bits per heavy atom. The molecule has 6 aliphatic rings. The Balaban J connectivity index is 1.58. The second-order valence-electron chi connectivity index (χ2n) is 9.10. The molecule has 1 aromatic rings. The average molecular weight is 364 g/mol. The first-order chi connectivity index (χ1) is 13.2. The molecule has 1 amide bonds. The summed E-state index contributed by atoms with van der Waals surface area (Å²) < 4.78 is 12.7. The maximum Gasteiger partial charge on any atom is 0.229 e. The van der Waals surface area contributed by atoms with E-state index in [1.807, 2.05) is 7.11 Å². The highest BCUT2D eigenvalue weighted by Crippen LogP contribution is 2.69. The maximum absolute atomic E-state index is 13.3. The van der Waals surface area contributed by atoms with Crippen molar-refractivity contribution in [2.24, 2.45) is 11.8 Å². The van der Waals surface area contributed by atoms with E-state index in [2.05, 4.69) is 40.1 Å². The third kappa shape index (κ3) is 1.42. The lowest BCUT2D eigenvalue weighted by Gasteiger charge is -2.63. The number of ether oxygens (including phenoxy) is 2. The Kier molecular flexibility index (Phi) is 2.63. The Bertz CT molecular complexity index is 913. The van der Waals surface area contributed by atoms with Crippen molar-refractivity contribution in [3.05, 3.63) is 41.5 Å². The summed E-state index contributed by atoms with van der Waals surface area (Å²) in [6, 6.07) is 8.74. The zero-order chi connectivity index (χ0) is 18.0. The molecule has 4 fully saturated rings. The monoisotopic (exact) mass is 364 g/mol. The normalized spacial score (nSPS) is 46.2. The number of hydrogen-bond acceptors (Lipinski definition) is 4. The van der Waals surface area contributed by atoms with Gasteiger partial charge in [0.2, 0.25) is 5.91 Å². The van der Waals surface area contributed by atoms with Crippen LogP contribution in [-0.2, 0) is 19.7 Å². The molecule has 3 saturated heterocycles. The number of methoxy groups -OCH3 is 1. The van der Waals surface area contributed by atoms with Gasteiger partial charge >= 0.3 is 0 Å². The van der Waals surface area contributed by atoms with Crippen LogP contribution in [-0.4, -0.2) is 55.5 Å². The zero-order valence-electron chi connectivity index (χ0n) is 15.6. The highest BCUT2D eigenvalue weighted by atomic mass is 16.5. The molecule has 5 heterocycles. The summed E-state index contributed by atoms with van der Waals surface area (Å²) in [4.78, 5) is 18.0. The number of piperidine rings is 2. The number of rotatable bonds is 1. The van der Waals surface area contributed by atoms with Crippen LogP contribution in [0, 0.1) is 11.8 Å². The van der Waals surface area contributed by atoms with E-state index in [0.717, 1.165) is 31.6 Å². The second kappa shape index (κ2) is 4.65. The molecule has 0 unspecified atom stereocenters. The van der Waals surface area contributed by atoms with Gasteiger partial charge in [0.15, 0.2) is 0 Å². The number of carbonyl (C=O) groups excluding carboxylic acids is 1. The van der Waals surface area contributed by atoms with Gasteiger partial charge in [-0.3, -0.25) is 9.69 Å². The van der Waals surface area contributed by atoms with Crippen molar-refractivity contribution in [3.63, 3.8) is 0 Å². The van der Waals surface area contributed by atoms with Crippen LogP contribution in [0.5, 0.6) is 0 Å². The van der Waals surface area contributed by atoms with Crippen LogP contribution in [0.2, 0.25) is 0 Å². The van der Waals surface area contributed by atoms with Gasteiger partial charge in [-0.25, -0.2) is 0 Å². The number of anilines is 1. The lowest BCUT2D eigenvalue weighted by atomic mass is 9.51. The van der Waals surface area contributed by atoms with Crippen molar-refractivity contribution < 1.29 is 14.3 Å². The van der Waals surface area contributed by atoms with Gasteiger partial charge in [-0.05, 0) is 30.4 Å². The molecule has 1 aliphatic carbocycles. The van der Waals surface area contributed by atoms with Crippen molar-refractivity contribution in [2.75, 3.05) is 31.7 Å². The van der Waals surface area contributed by atoms with Gasteiger partial charge in [0.1, 0.15) is 5.72 Å². The number of fused-ring (bicyclic) bond motifs is 2. The maximum atomic E-state index is 13.3. The molecule has 0 N–H and O–H groups in total. The van der Waals surface area contributed by atoms with Crippen LogP contribution in [0.15, 0.2) is 35.9 Å². The Morgan fingerprint density at radius 2 is 2.19 bits per heavy atom. The third-order valence-electron chi connectivity index (χ3n) is 8.65.